The Morgan fingerprint density at radius 1 is 1.52 bits per heavy atom. The summed E-state index contributed by atoms with van der Waals surface area (Å²) in [7, 11) is 1.64. The first-order valence-electron chi connectivity index (χ1n) is 7.65. The number of ether oxygens (including phenoxy) is 1. The Balaban J connectivity index is 1.93. The Morgan fingerprint density at radius 3 is 2.91 bits per heavy atom. The van der Waals surface area contributed by atoms with Crippen LogP contribution in [-0.4, -0.2) is 18.0 Å². The van der Waals surface area contributed by atoms with E-state index in [9.17, 15) is 4.79 Å². The van der Waals surface area contributed by atoms with Gasteiger partial charge in [-0.2, -0.15) is 0 Å². The van der Waals surface area contributed by atoms with E-state index in [0.29, 0.717) is 12.5 Å². The molecule has 0 saturated heterocycles. The summed E-state index contributed by atoms with van der Waals surface area (Å²) in [5.41, 5.74) is 4.91. The lowest BCUT2D eigenvalue weighted by atomic mass is 10.1. The number of nitrogens with zero attached hydrogens (tertiary/aromatic N) is 2. The zero-order chi connectivity index (χ0) is 16.4. The summed E-state index contributed by atoms with van der Waals surface area (Å²) >= 11 is 1.62. The Hall–Kier alpha value is -2.14. The van der Waals surface area contributed by atoms with Crippen LogP contribution >= 0.6 is 11.3 Å². The maximum absolute atomic E-state index is 12.4. The molecule has 1 heterocycles. The van der Waals surface area contributed by atoms with E-state index in [1.165, 1.54) is 18.9 Å². The molecule has 1 aliphatic rings. The molecule has 5 heteroatoms. The molecule has 1 fully saturated rings. The van der Waals surface area contributed by atoms with Crippen molar-refractivity contribution in [1.29, 1.82) is 0 Å². The number of anilines is 1. The maximum atomic E-state index is 12.4. The third-order valence-electron chi connectivity index (χ3n) is 4.07. The minimum absolute atomic E-state index is 0.103. The molecule has 23 heavy (non-hydrogen) atoms. The minimum Gasteiger partial charge on any atom is -0.497 e. The van der Waals surface area contributed by atoms with Gasteiger partial charge in [-0.15, -0.1) is 11.3 Å². The van der Waals surface area contributed by atoms with Gasteiger partial charge in [0, 0.05) is 16.5 Å². The van der Waals surface area contributed by atoms with Crippen molar-refractivity contribution in [3.8, 4) is 5.75 Å². The molecule has 0 atom stereocenters. The molecule has 4 nitrogen and oxygen atoms in total. The van der Waals surface area contributed by atoms with Crippen molar-refractivity contribution in [2.75, 3.05) is 12.0 Å². The average molecular weight is 328 g/mol. The lowest BCUT2D eigenvalue weighted by Gasteiger charge is -2.23. The molecular weight excluding hydrogens is 308 g/mol. The van der Waals surface area contributed by atoms with E-state index in [0.717, 1.165) is 27.6 Å². The highest BCUT2D eigenvalue weighted by atomic mass is 32.1. The first-order valence-corrected chi connectivity index (χ1v) is 8.52. The van der Waals surface area contributed by atoms with Gasteiger partial charge >= 0.3 is 0 Å². The molecule has 1 aliphatic carbocycles. The first kappa shape index (κ1) is 15.7. The number of methoxy groups -OCH3 is 1. The van der Waals surface area contributed by atoms with Gasteiger partial charge in [0.2, 0.25) is 0 Å². The third kappa shape index (κ3) is 3.29. The summed E-state index contributed by atoms with van der Waals surface area (Å²) < 4.78 is 5.25. The fraction of sp³-hybridized carbons (Fsp3) is 0.333. The highest BCUT2D eigenvalue weighted by Gasteiger charge is 2.29. The molecule has 3 rings (SSSR count). The second-order valence-corrected chi connectivity index (χ2v) is 6.66. The summed E-state index contributed by atoms with van der Waals surface area (Å²) in [6, 6.07) is 5.74. The van der Waals surface area contributed by atoms with Crippen molar-refractivity contribution in [3.05, 3.63) is 52.5 Å². The molecule has 1 saturated carbocycles. The van der Waals surface area contributed by atoms with E-state index >= 15 is 0 Å². The Labute approximate surface area is 140 Å². The van der Waals surface area contributed by atoms with E-state index in [4.69, 9.17) is 4.74 Å². The molecular formula is C18H20N2O2S. The van der Waals surface area contributed by atoms with Gasteiger partial charge in [0.15, 0.2) is 0 Å². The molecule has 0 N–H and O–H groups in total. The number of benzene rings is 1. The lowest BCUT2D eigenvalue weighted by molar-refractivity contribution is -0.114. The van der Waals surface area contributed by atoms with Gasteiger partial charge in [0.05, 0.1) is 24.9 Å². The zero-order valence-electron chi connectivity index (χ0n) is 13.4. The number of carbonyl (C=O) groups excluding carboxylic acids is 1. The van der Waals surface area contributed by atoms with Gasteiger partial charge < -0.3 is 9.64 Å². The quantitative estimate of drug-likeness (QED) is 0.751. The Morgan fingerprint density at radius 2 is 2.30 bits per heavy atom. The van der Waals surface area contributed by atoms with Crippen molar-refractivity contribution in [2.45, 2.75) is 32.2 Å². The molecule has 0 aliphatic heterocycles. The summed E-state index contributed by atoms with van der Waals surface area (Å²) in [5, 5.41) is 0. The zero-order valence-corrected chi connectivity index (χ0v) is 14.2. The fourth-order valence-electron chi connectivity index (χ4n) is 2.68. The van der Waals surface area contributed by atoms with Crippen molar-refractivity contribution in [3.63, 3.8) is 0 Å². The third-order valence-corrected chi connectivity index (χ3v) is 4.91. The van der Waals surface area contributed by atoms with Crippen molar-refractivity contribution >= 4 is 22.9 Å². The molecule has 1 amide bonds. The van der Waals surface area contributed by atoms with Crippen molar-refractivity contribution in [1.82, 2.24) is 4.98 Å². The number of hydrogen-bond acceptors (Lipinski definition) is 4. The van der Waals surface area contributed by atoms with Gasteiger partial charge in [0.1, 0.15) is 5.75 Å². The Bertz CT molecular complexity index is 734. The number of rotatable bonds is 6. The largest absolute Gasteiger partial charge is 0.497 e. The summed E-state index contributed by atoms with van der Waals surface area (Å²) in [4.78, 5) is 19.8. The molecule has 0 bridgehead atoms. The number of thiazole rings is 1. The van der Waals surface area contributed by atoms with Crippen LogP contribution in [0, 0.1) is 6.92 Å². The highest BCUT2D eigenvalue weighted by Crippen LogP contribution is 2.42. The van der Waals surface area contributed by atoms with E-state index in [-0.39, 0.29) is 5.91 Å². The molecule has 0 spiro atoms. The van der Waals surface area contributed by atoms with Crippen molar-refractivity contribution in [2.24, 2.45) is 0 Å². The van der Waals surface area contributed by atoms with E-state index in [1.807, 2.05) is 30.6 Å². The van der Waals surface area contributed by atoms with Gasteiger partial charge in [-0.25, -0.2) is 4.98 Å². The molecule has 0 radical (unpaired) electrons. The maximum Gasteiger partial charge on any atom is 0.250 e. The summed E-state index contributed by atoms with van der Waals surface area (Å²) in [6.45, 7) is 6.16. The van der Waals surface area contributed by atoms with Crippen LogP contribution in [0.4, 0.5) is 5.69 Å². The SMILES string of the molecule is C=CC(=O)N(Cc1scnc1C1CC1)c1ccc(OC)cc1C. The van der Waals surface area contributed by atoms with Crippen LogP contribution in [-0.2, 0) is 11.3 Å². The normalized spacial score (nSPS) is 13.7. The second kappa shape index (κ2) is 6.54. The summed E-state index contributed by atoms with van der Waals surface area (Å²) in [5.74, 6) is 1.26. The van der Waals surface area contributed by atoms with Crippen LogP contribution in [0.5, 0.6) is 5.75 Å². The number of aryl methyl sites for hydroxylation is 1. The van der Waals surface area contributed by atoms with Gasteiger partial charge in [-0.3, -0.25) is 4.79 Å². The Kier molecular flexibility index (Phi) is 4.48. The van der Waals surface area contributed by atoms with Crippen LogP contribution in [0.25, 0.3) is 0 Å². The standard InChI is InChI=1S/C18H20N2O2S/c1-4-17(21)20(15-8-7-14(22-3)9-12(15)2)10-16-18(13-5-6-13)19-11-23-16/h4,7-9,11,13H,1,5-6,10H2,2-3H3. The topological polar surface area (TPSA) is 42.4 Å². The average Bonchev–Trinajstić information content (AvgIpc) is 3.31. The van der Waals surface area contributed by atoms with E-state index < -0.39 is 0 Å². The number of hydrogen-bond donors (Lipinski definition) is 0. The van der Waals surface area contributed by atoms with Crippen LogP contribution in [0.15, 0.2) is 36.4 Å². The number of carbonyl (C=O) groups is 1. The van der Waals surface area contributed by atoms with Gasteiger partial charge in [0.25, 0.3) is 5.91 Å². The molecule has 1 aromatic carbocycles. The predicted octanol–water partition coefficient (Wildman–Crippen LogP) is 4.06. The smallest absolute Gasteiger partial charge is 0.250 e. The fourth-order valence-corrected chi connectivity index (χ4v) is 3.52. The van der Waals surface area contributed by atoms with E-state index in [2.05, 4.69) is 11.6 Å². The second-order valence-electron chi connectivity index (χ2n) is 5.72. The van der Waals surface area contributed by atoms with Crippen molar-refractivity contribution < 1.29 is 9.53 Å². The minimum atomic E-state index is -0.103. The molecule has 120 valence electrons. The molecule has 0 unspecified atom stereocenters. The molecule has 2 aromatic rings. The van der Waals surface area contributed by atoms with Crippen LogP contribution < -0.4 is 9.64 Å². The monoisotopic (exact) mass is 328 g/mol. The predicted molar refractivity (Wildman–Crippen MR) is 93.2 cm³/mol. The van der Waals surface area contributed by atoms with Crippen LogP contribution in [0.1, 0.15) is 34.9 Å². The molecule has 1 aromatic heterocycles. The number of aromatic nitrogens is 1. The number of amides is 1. The van der Waals surface area contributed by atoms with Crippen LogP contribution in [0.3, 0.4) is 0 Å². The van der Waals surface area contributed by atoms with Gasteiger partial charge in [-0.05, 0) is 49.6 Å². The lowest BCUT2D eigenvalue weighted by Crippen LogP contribution is -2.29. The highest BCUT2D eigenvalue weighted by molar-refractivity contribution is 7.09. The van der Waals surface area contributed by atoms with Crippen LogP contribution in [0.2, 0.25) is 0 Å². The van der Waals surface area contributed by atoms with E-state index in [1.54, 1.807) is 23.3 Å². The van der Waals surface area contributed by atoms with Gasteiger partial charge in [-0.1, -0.05) is 6.58 Å². The summed E-state index contributed by atoms with van der Waals surface area (Å²) in [6.07, 6.45) is 3.77. The first-order chi connectivity index (χ1) is 11.1.